The number of hydrogen-bond donors (Lipinski definition) is 1. The van der Waals surface area contributed by atoms with Crippen LogP contribution in [0.4, 0.5) is 0 Å². The van der Waals surface area contributed by atoms with E-state index in [-0.39, 0.29) is 18.5 Å². The number of carbonyl (C=O) groups excluding carboxylic acids is 1. The van der Waals surface area contributed by atoms with Crippen LogP contribution in [0.3, 0.4) is 0 Å². The molecule has 112 valence electrons. The van der Waals surface area contributed by atoms with E-state index in [1.54, 1.807) is 23.7 Å². The van der Waals surface area contributed by atoms with Crippen LogP contribution in [0, 0.1) is 0 Å². The molecule has 0 saturated heterocycles. The molecule has 0 fully saturated rings. The van der Waals surface area contributed by atoms with Crippen LogP contribution < -0.4 is 5.32 Å². The standard InChI is InChI=1S/C15H15N5OS/c21-15(8-20-11-17-10-18-20)19-14(6-12-3-5-22-9-12)13-2-1-4-16-7-13/h1-5,7,9-11,14H,6,8H2,(H,19,21). The number of amides is 1. The van der Waals surface area contributed by atoms with E-state index >= 15 is 0 Å². The summed E-state index contributed by atoms with van der Waals surface area (Å²) in [4.78, 5) is 20.2. The molecule has 3 aromatic heterocycles. The van der Waals surface area contributed by atoms with Gasteiger partial charge >= 0.3 is 0 Å². The summed E-state index contributed by atoms with van der Waals surface area (Å²) in [6.07, 6.45) is 7.18. The maximum atomic E-state index is 12.2. The van der Waals surface area contributed by atoms with Gasteiger partial charge in [0.1, 0.15) is 19.2 Å². The molecule has 0 aliphatic carbocycles. The van der Waals surface area contributed by atoms with Crippen LogP contribution in [0.25, 0.3) is 0 Å². The van der Waals surface area contributed by atoms with Crippen LogP contribution in [0.15, 0.2) is 54.0 Å². The molecule has 0 aromatic carbocycles. The van der Waals surface area contributed by atoms with Gasteiger partial charge in [-0.3, -0.25) is 9.78 Å². The van der Waals surface area contributed by atoms with E-state index in [0.717, 1.165) is 12.0 Å². The Bertz CT molecular complexity index is 697. The normalized spacial score (nSPS) is 12.0. The first-order valence-electron chi connectivity index (χ1n) is 6.84. The molecule has 3 rings (SSSR count). The van der Waals surface area contributed by atoms with Crippen LogP contribution in [-0.4, -0.2) is 25.7 Å². The van der Waals surface area contributed by atoms with Crippen LogP contribution >= 0.6 is 11.3 Å². The molecule has 3 heterocycles. The summed E-state index contributed by atoms with van der Waals surface area (Å²) < 4.78 is 1.50. The molecular formula is C15H15N5OS. The Balaban J connectivity index is 1.72. The third-order valence-corrected chi connectivity index (χ3v) is 3.95. The molecule has 0 aliphatic heterocycles. The summed E-state index contributed by atoms with van der Waals surface area (Å²) in [5, 5.41) is 11.1. The van der Waals surface area contributed by atoms with Gasteiger partial charge < -0.3 is 5.32 Å². The minimum Gasteiger partial charge on any atom is -0.347 e. The predicted molar refractivity (Wildman–Crippen MR) is 83.2 cm³/mol. The Hall–Kier alpha value is -2.54. The number of nitrogens with zero attached hydrogens (tertiary/aromatic N) is 4. The lowest BCUT2D eigenvalue weighted by Gasteiger charge is -2.18. The Labute approximate surface area is 131 Å². The molecule has 1 N–H and O–H groups in total. The van der Waals surface area contributed by atoms with Crippen molar-refractivity contribution < 1.29 is 4.79 Å². The Morgan fingerprint density at radius 2 is 2.32 bits per heavy atom. The molecule has 3 aromatic rings. The van der Waals surface area contributed by atoms with Gasteiger partial charge in [0.05, 0.1) is 6.04 Å². The van der Waals surface area contributed by atoms with Gasteiger partial charge in [-0.25, -0.2) is 9.67 Å². The quantitative estimate of drug-likeness (QED) is 0.753. The highest BCUT2D eigenvalue weighted by molar-refractivity contribution is 7.07. The maximum Gasteiger partial charge on any atom is 0.242 e. The molecule has 0 bridgehead atoms. The van der Waals surface area contributed by atoms with Gasteiger partial charge in [-0.2, -0.15) is 16.4 Å². The van der Waals surface area contributed by atoms with E-state index in [0.29, 0.717) is 0 Å². The van der Waals surface area contributed by atoms with Gasteiger partial charge in [0.25, 0.3) is 0 Å². The van der Waals surface area contributed by atoms with Crippen LogP contribution in [0.5, 0.6) is 0 Å². The Morgan fingerprint density at radius 1 is 1.36 bits per heavy atom. The predicted octanol–water partition coefficient (Wildman–Crippen LogP) is 1.83. The lowest BCUT2D eigenvalue weighted by atomic mass is 10.0. The van der Waals surface area contributed by atoms with Gasteiger partial charge in [0.15, 0.2) is 0 Å². The van der Waals surface area contributed by atoms with E-state index in [1.165, 1.54) is 22.9 Å². The number of aromatic nitrogens is 4. The van der Waals surface area contributed by atoms with E-state index < -0.39 is 0 Å². The first-order chi connectivity index (χ1) is 10.8. The van der Waals surface area contributed by atoms with Crippen molar-refractivity contribution in [1.29, 1.82) is 0 Å². The smallest absolute Gasteiger partial charge is 0.242 e. The van der Waals surface area contributed by atoms with Crippen molar-refractivity contribution in [3.8, 4) is 0 Å². The second kappa shape index (κ2) is 6.95. The maximum absolute atomic E-state index is 12.2. The van der Waals surface area contributed by atoms with Crippen molar-refractivity contribution >= 4 is 17.2 Å². The lowest BCUT2D eigenvalue weighted by Crippen LogP contribution is -2.32. The van der Waals surface area contributed by atoms with Crippen molar-refractivity contribution in [1.82, 2.24) is 25.1 Å². The lowest BCUT2D eigenvalue weighted by molar-refractivity contribution is -0.122. The molecule has 22 heavy (non-hydrogen) atoms. The minimum absolute atomic E-state index is 0.102. The van der Waals surface area contributed by atoms with Crippen LogP contribution in [-0.2, 0) is 17.8 Å². The first kappa shape index (κ1) is 14.4. The van der Waals surface area contributed by atoms with Gasteiger partial charge in [-0.1, -0.05) is 6.07 Å². The number of pyridine rings is 1. The second-order valence-electron chi connectivity index (χ2n) is 4.84. The molecule has 0 spiro atoms. The van der Waals surface area contributed by atoms with Crippen LogP contribution in [0.2, 0.25) is 0 Å². The fourth-order valence-corrected chi connectivity index (χ4v) is 2.86. The van der Waals surface area contributed by atoms with Crippen molar-refractivity contribution in [3.63, 3.8) is 0 Å². The third-order valence-electron chi connectivity index (χ3n) is 3.21. The monoisotopic (exact) mass is 313 g/mol. The number of hydrogen-bond acceptors (Lipinski definition) is 5. The van der Waals surface area contributed by atoms with Crippen molar-refractivity contribution in [2.75, 3.05) is 0 Å². The summed E-state index contributed by atoms with van der Waals surface area (Å²) in [7, 11) is 0. The Kier molecular flexibility index (Phi) is 4.55. The number of thiophene rings is 1. The third kappa shape index (κ3) is 3.76. The van der Waals surface area contributed by atoms with Gasteiger partial charge in [0.2, 0.25) is 5.91 Å². The Morgan fingerprint density at radius 3 is 3.00 bits per heavy atom. The molecule has 1 amide bonds. The van der Waals surface area contributed by atoms with Crippen molar-refractivity contribution in [2.45, 2.75) is 19.0 Å². The van der Waals surface area contributed by atoms with Crippen molar-refractivity contribution in [2.24, 2.45) is 0 Å². The molecular weight excluding hydrogens is 298 g/mol. The fourth-order valence-electron chi connectivity index (χ4n) is 2.18. The summed E-state index contributed by atoms with van der Waals surface area (Å²) in [6, 6.07) is 5.80. The second-order valence-corrected chi connectivity index (χ2v) is 5.62. The first-order valence-corrected chi connectivity index (χ1v) is 7.78. The SMILES string of the molecule is O=C(Cn1cncn1)NC(Cc1ccsc1)c1cccnc1. The summed E-state index contributed by atoms with van der Waals surface area (Å²) in [5.41, 5.74) is 2.18. The average Bonchev–Trinajstić information content (AvgIpc) is 3.21. The highest BCUT2D eigenvalue weighted by atomic mass is 32.1. The zero-order valence-electron chi connectivity index (χ0n) is 11.8. The van der Waals surface area contributed by atoms with E-state index in [9.17, 15) is 4.79 Å². The van der Waals surface area contributed by atoms with Gasteiger partial charge in [0, 0.05) is 12.4 Å². The highest BCUT2D eigenvalue weighted by Crippen LogP contribution is 2.19. The largest absolute Gasteiger partial charge is 0.347 e. The summed E-state index contributed by atoms with van der Waals surface area (Å²) in [6.45, 7) is 0.153. The van der Waals surface area contributed by atoms with Gasteiger partial charge in [-0.05, 0) is 40.4 Å². The van der Waals surface area contributed by atoms with E-state index in [1.807, 2.05) is 17.5 Å². The zero-order valence-corrected chi connectivity index (χ0v) is 12.6. The molecule has 0 radical (unpaired) electrons. The number of nitrogens with one attached hydrogen (secondary N) is 1. The molecule has 6 nitrogen and oxygen atoms in total. The number of rotatable bonds is 6. The zero-order chi connectivity index (χ0) is 15.2. The van der Waals surface area contributed by atoms with Gasteiger partial charge in [-0.15, -0.1) is 0 Å². The van der Waals surface area contributed by atoms with Crippen molar-refractivity contribution in [3.05, 3.63) is 65.1 Å². The highest BCUT2D eigenvalue weighted by Gasteiger charge is 2.16. The van der Waals surface area contributed by atoms with E-state index in [2.05, 4.69) is 31.8 Å². The molecule has 0 saturated carbocycles. The number of carbonyl (C=O) groups is 1. The summed E-state index contributed by atoms with van der Waals surface area (Å²) >= 11 is 1.65. The van der Waals surface area contributed by atoms with E-state index in [4.69, 9.17) is 0 Å². The molecule has 0 aliphatic rings. The average molecular weight is 313 g/mol. The molecule has 7 heteroatoms. The van der Waals surface area contributed by atoms with Crippen LogP contribution in [0.1, 0.15) is 17.2 Å². The minimum atomic E-state index is -0.112. The molecule has 1 atom stereocenters. The topological polar surface area (TPSA) is 72.7 Å². The summed E-state index contributed by atoms with van der Waals surface area (Å²) in [5.74, 6) is -0.102. The molecule has 1 unspecified atom stereocenters. The fraction of sp³-hybridized carbons (Fsp3) is 0.200.